The van der Waals surface area contributed by atoms with Crippen LogP contribution in [0.3, 0.4) is 0 Å². The van der Waals surface area contributed by atoms with Crippen molar-refractivity contribution < 1.29 is 517 Å². The minimum absolute atomic E-state index is 0. The molecule has 0 aromatic heterocycles. The van der Waals surface area contributed by atoms with Crippen LogP contribution in [0.1, 0.15) is 0 Å². The van der Waals surface area contributed by atoms with E-state index in [0.29, 0.717) is 0 Å². The fourth-order valence-corrected chi connectivity index (χ4v) is 0. The Balaban J connectivity index is -0.00000000635. The molecule has 0 aromatic rings. The zero-order valence-electron chi connectivity index (χ0n) is 25.4. The summed E-state index contributed by atoms with van der Waals surface area (Å²) in [5, 5.41) is 0. The molecule has 40 heavy (non-hydrogen) atoms. The number of rotatable bonds is 0. The van der Waals surface area contributed by atoms with E-state index in [1.165, 1.54) is 0 Å². The normalized spacial score (nSPS) is 7.38. The summed E-state index contributed by atoms with van der Waals surface area (Å²) < 4.78 is 0. The summed E-state index contributed by atoms with van der Waals surface area (Å²) in [6.45, 7) is -22.8. The van der Waals surface area contributed by atoms with Crippen molar-refractivity contribution in [1.82, 2.24) is 0 Å². The molecule has 0 unspecified atom stereocenters. The van der Waals surface area contributed by atoms with Gasteiger partial charge in [0.15, 0.2) is 0 Å². The SMILES string of the molecule is [Na+].[Na+].[Na+].[Na+].[Na+].[Na+].[Na+].[Na+].[Na+].[Na+].[Na+].[Na+].[Na+].[Na+].[Na+].[O-]P([O-])([O-])=S.[O-]P([O-])([O-])=S.[O-]P([O-])([O-])=S.[O-]P([O-])([O-])=S.[O-]P([O-])([O-])=S. The second-order valence-electron chi connectivity index (χ2n) is 2.24. The maximum atomic E-state index is 8.92. The number of hydrogen-bond acceptors (Lipinski definition) is 20. The molecule has 0 radical (unpaired) electrons. The van der Waals surface area contributed by atoms with Crippen LogP contribution in [0.15, 0.2) is 0 Å². The predicted octanol–water partition coefficient (Wildman–Crippen LogP) is -58.5. The van der Waals surface area contributed by atoms with Crippen molar-refractivity contribution in [1.29, 1.82) is 0 Å². The minimum atomic E-state index is -4.56. The van der Waals surface area contributed by atoms with Crippen molar-refractivity contribution in [2.24, 2.45) is 0 Å². The first-order chi connectivity index (χ1) is 10.0. The monoisotopic (exact) mass is 899 g/mol. The van der Waals surface area contributed by atoms with Crippen LogP contribution in [0.5, 0.6) is 0 Å². The Morgan fingerprint density at radius 2 is 0.175 bits per heavy atom. The molecule has 0 N–H and O–H groups in total. The number of hydrogen-bond donors (Lipinski definition) is 0. The summed E-state index contributed by atoms with van der Waals surface area (Å²) in [6.07, 6.45) is 0. The molecule has 0 aromatic carbocycles. The van der Waals surface area contributed by atoms with E-state index < -0.39 is 33.6 Å². The Hall–Kier alpha value is 17.7. The van der Waals surface area contributed by atoms with Gasteiger partial charge in [0.1, 0.15) is 0 Å². The van der Waals surface area contributed by atoms with Crippen LogP contribution in [0.25, 0.3) is 0 Å². The summed E-state index contributed by atoms with van der Waals surface area (Å²) in [7, 11) is 0. The van der Waals surface area contributed by atoms with E-state index in [2.05, 4.69) is 59.0 Å². The van der Waals surface area contributed by atoms with Gasteiger partial charge in [-0.3, -0.25) is 0 Å². The molecule has 160 valence electrons. The maximum Gasteiger partial charge on any atom is 1.00 e. The molecule has 0 amide bonds. The molecule has 40 heteroatoms. The van der Waals surface area contributed by atoms with E-state index in [4.69, 9.17) is 73.4 Å². The predicted molar refractivity (Wildman–Crippen MR) is 71.4 cm³/mol. The van der Waals surface area contributed by atoms with Gasteiger partial charge in [0.2, 0.25) is 0 Å². The van der Waals surface area contributed by atoms with E-state index in [-0.39, 0.29) is 443 Å². The van der Waals surface area contributed by atoms with E-state index in [1.807, 2.05) is 0 Å². The molecule has 0 aliphatic rings. The molecule has 0 saturated heterocycles. The van der Waals surface area contributed by atoms with Gasteiger partial charge in [0.25, 0.3) is 0 Å². The van der Waals surface area contributed by atoms with Gasteiger partial charge in [-0.1, -0.05) is 0 Å². The zero-order valence-corrected chi connectivity index (χ0v) is 64.0. The molecule has 0 spiro atoms. The van der Waals surface area contributed by atoms with Gasteiger partial charge in [-0.05, 0) is 0 Å². The first-order valence-electron chi connectivity index (χ1n) is 3.65. The van der Waals surface area contributed by atoms with Gasteiger partial charge in [-0.15, -0.1) is 0 Å². The Labute approximate surface area is 591 Å². The van der Waals surface area contributed by atoms with Crippen molar-refractivity contribution in [3.63, 3.8) is 0 Å². The summed E-state index contributed by atoms with van der Waals surface area (Å²) in [5.41, 5.74) is 0. The standard InChI is InChI=1S/15Na.5H3O3PS/c;;;;;;;;;;;;;;;5*1-4(2,3)5/h;;;;;;;;;;;;;;;5*(H3,1,2,3,5)/q15*+1;;;;;/p-15. The van der Waals surface area contributed by atoms with Gasteiger partial charge in [0, 0.05) is 0 Å². The van der Waals surface area contributed by atoms with Gasteiger partial charge in [0.05, 0.1) is 0 Å². The van der Waals surface area contributed by atoms with Crippen molar-refractivity contribution >= 4 is 92.6 Å². The van der Waals surface area contributed by atoms with E-state index >= 15 is 0 Å². The van der Waals surface area contributed by atoms with Crippen molar-refractivity contribution in [2.45, 2.75) is 0 Å². The smallest absolute Gasteiger partial charge is 0.844 e. The van der Waals surface area contributed by atoms with Gasteiger partial charge >= 0.3 is 443 Å². The first kappa shape index (κ1) is 131. The van der Waals surface area contributed by atoms with Crippen LogP contribution in [-0.4, -0.2) is 0 Å². The van der Waals surface area contributed by atoms with Crippen LogP contribution >= 0.6 is 33.6 Å². The zero-order chi connectivity index (χ0) is 22.5. The van der Waals surface area contributed by atoms with Gasteiger partial charge in [-0.25, -0.2) is 0 Å². The fourth-order valence-electron chi connectivity index (χ4n) is 0. The second kappa shape index (κ2) is 77.3. The first-order valence-corrected chi connectivity index (χ1v) is 16.4. The van der Waals surface area contributed by atoms with Crippen molar-refractivity contribution in [3.8, 4) is 0 Å². The fraction of sp³-hybridized carbons (Fsp3) is 0. The van der Waals surface area contributed by atoms with E-state index in [0.717, 1.165) is 0 Å². The average molecular weight is 900 g/mol. The maximum absolute atomic E-state index is 8.92. The van der Waals surface area contributed by atoms with Crippen molar-refractivity contribution in [3.05, 3.63) is 0 Å². The largest absolute Gasteiger partial charge is 1.00 e. The third-order valence-electron chi connectivity index (χ3n) is 0. The summed E-state index contributed by atoms with van der Waals surface area (Å²) >= 11 is 16.4. The molecule has 15 nitrogen and oxygen atoms in total. The third-order valence-corrected chi connectivity index (χ3v) is 0. The topological polar surface area (TPSA) is 346 Å². The van der Waals surface area contributed by atoms with E-state index in [1.54, 1.807) is 0 Å². The molecule has 0 aliphatic heterocycles. The van der Waals surface area contributed by atoms with Crippen LogP contribution < -0.4 is 517 Å². The third kappa shape index (κ3) is 534. The van der Waals surface area contributed by atoms with Crippen LogP contribution in [0, 0.1) is 0 Å². The van der Waals surface area contributed by atoms with Crippen LogP contribution in [-0.2, 0) is 59.0 Å². The molecular weight excluding hydrogens is 900 g/mol. The second-order valence-corrected chi connectivity index (χ2v) is 13.4. The molecule has 0 rings (SSSR count). The molecule has 0 heterocycles. The molecule has 0 bridgehead atoms. The van der Waals surface area contributed by atoms with Gasteiger partial charge in [-0.2, -0.15) is 59.0 Å². The summed E-state index contributed by atoms with van der Waals surface area (Å²) in [5.74, 6) is 0. The van der Waals surface area contributed by atoms with E-state index in [9.17, 15) is 0 Å². The Morgan fingerprint density at radius 3 is 0.175 bits per heavy atom. The van der Waals surface area contributed by atoms with Crippen LogP contribution in [0.2, 0.25) is 0 Å². The average Bonchev–Trinajstić information content (AvgIpc) is 1.79. The van der Waals surface area contributed by atoms with Crippen molar-refractivity contribution in [2.75, 3.05) is 0 Å². The Bertz CT molecular complexity index is 419. The molecule has 0 fully saturated rings. The van der Waals surface area contributed by atoms with Crippen LogP contribution in [0.4, 0.5) is 0 Å². The summed E-state index contributed by atoms with van der Waals surface area (Å²) in [6, 6.07) is 0. The quantitative estimate of drug-likeness (QED) is 0.161. The Kier molecular flexibility index (Phi) is 252. The summed E-state index contributed by atoms with van der Waals surface area (Å²) in [4.78, 5) is 134. The molecule has 0 saturated carbocycles. The molecule has 0 aliphatic carbocycles. The Morgan fingerprint density at radius 1 is 0.175 bits per heavy atom. The molecular formula is Na15O15P5S5. The van der Waals surface area contributed by atoms with Gasteiger partial charge < -0.3 is 107 Å². The molecule has 0 atom stereocenters. The minimum Gasteiger partial charge on any atom is -0.844 e.